The molecule has 0 radical (unpaired) electrons. The molecule has 2 aromatic heterocycles. The fourth-order valence-electron chi connectivity index (χ4n) is 3.58. The second-order valence-corrected chi connectivity index (χ2v) is 6.99. The average molecular weight is 376 g/mol. The molecular formula is C22H24N4O2. The van der Waals surface area contributed by atoms with E-state index in [0.717, 1.165) is 43.6 Å². The van der Waals surface area contributed by atoms with Gasteiger partial charge in [0.2, 0.25) is 5.89 Å². The summed E-state index contributed by atoms with van der Waals surface area (Å²) in [6.45, 7) is 2.37. The Hall–Kier alpha value is -2.99. The molecule has 28 heavy (non-hydrogen) atoms. The summed E-state index contributed by atoms with van der Waals surface area (Å²) in [5, 5.41) is 3.41. The predicted molar refractivity (Wildman–Crippen MR) is 107 cm³/mol. The van der Waals surface area contributed by atoms with Crippen LogP contribution in [0.3, 0.4) is 0 Å². The van der Waals surface area contributed by atoms with Gasteiger partial charge in [-0.2, -0.15) is 0 Å². The Morgan fingerprint density at radius 3 is 2.79 bits per heavy atom. The molecule has 0 bridgehead atoms. The van der Waals surface area contributed by atoms with Crippen molar-refractivity contribution in [1.82, 2.24) is 20.2 Å². The van der Waals surface area contributed by atoms with Crippen LogP contribution in [0.15, 0.2) is 65.4 Å². The normalized spacial score (nSPS) is 17.1. The lowest BCUT2D eigenvalue weighted by Gasteiger charge is -2.30. The van der Waals surface area contributed by atoms with Crippen molar-refractivity contribution in [3.63, 3.8) is 0 Å². The highest BCUT2D eigenvalue weighted by molar-refractivity contribution is 5.92. The molecule has 6 heteroatoms. The molecule has 6 nitrogen and oxygen atoms in total. The van der Waals surface area contributed by atoms with Gasteiger partial charge in [0.1, 0.15) is 6.26 Å². The minimum absolute atomic E-state index is 0.108. The van der Waals surface area contributed by atoms with E-state index in [4.69, 9.17) is 4.42 Å². The minimum Gasteiger partial charge on any atom is -0.444 e. The molecule has 1 aliphatic rings. The van der Waals surface area contributed by atoms with Gasteiger partial charge in [-0.25, -0.2) is 4.98 Å². The molecule has 1 N–H and O–H groups in total. The van der Waals surface area contributed by atoms with Crippen molar-refractivity contribution in [3.05, 3.63) is 72.4 Å². The number of hydrogen-bond acceptors (Lipinski definition) is 5. The van der Waals surface area contributed by atoms with Crippen molar-refractivity contribution in [3.8, 4) is 11.5 Å². The average Bonchev–Trinajstić information content (AvgIpc) is 3.09. The number of aromatic nitrogens is 2. The van der Waals surface area contributed by atoms with Gasteiger partial charge in [0.05, 0.1) is 12.2 Å². The monoisotopic (exact) mass is 376 g/mol. The number of benzene rings is 1. The largest absolute Gasteiger partial charge is 0.444 e. The van der Waals surface area contributed by atoms with Gasteiger partial charge in [-0.15, -0.1) is 0 Å². The van der Waals surface area contributed by atoms with E-state index in [1.54, 1.807) is 6.20 Å². The van der Waals surface area contributed by atoms with Gasteiger partial charge in [-0.3, -0.25) is 9.78 Å². The molecule has 1 atom stereocenters. The van der Waals surface area contributed by atoms with Crippen LogP contribution in [0.25, 0.3) is 11.5 Å². The summed E-state index contributed by atoms with van der Waals surface area (Å²) in [5.41, 5.74) is 2.07. The van der Waals surface area contributed by atoms with E-state index in [-0.39, 0.29) is 11.9 Å². The molecule has 1 unspecified atom stereocenters. The van der Waals surface area contributed by atoms with Crippen LogP contribution in [0.2, 0.25) is 0 Å². The zero-order valence-electron chi connectivity index (χ0n) is 15.8. The third-order valence-electron chi connectivity index (χ3n) is 5.05. The third kappa shape index (κ3) is 4.28. The molecule has 1 aliphatic heterocycles. The van der Waals surface area contributed by atoms with Crippen molar-refractivity contribution in [2.75, 3.05) is 13.1 Å². The summed E-state index contributed by atoms with van der Waals surface area (Å²) >= 11 is 0. The molecule has 0 saturated carbocycles. The topological polar surface area (TPSA) is 71.3 Å². The Bertz CT molecular complexity index is 887. The molecule has 1 amide bonds. The van der Waals surface area contributed by atoms with Gasteiger partial charge >= 0.3 is 0 Å². The minimum atomic E-state index is -0.108. The number of carbonyl (C=O) groups excluding carboxylic acids is 1. The van der Waals surface area contributed by atoms with Gasteiger partial charge < -0.3 is 14.6 Å². The van der Waals surface area contributed by atoms with E-state index in [1.807, 2.05) is 53.4 Å². The van der Waals surface area contributed by atoms with E-state index in [1.165, 1.54) is 6.26 Å². The summed E-state index contributed by atoms with van der Waals surface area (Å²) in [4.78, 5) is 24.1. The quantitative estimate of drug-likeness (QED) is 0.738. The zero-order chi connectivity index (χ0) is 19.2. The summed E-state index contributed by atoms with van der Waals surface area (Å²) < 4.78 is 5.60. The molecule has 144 valence electrons. The lowest BCUT2D eigenvalue weighted by molar-refractivity contribution is 0.0636. The Kier molecular flexibility index (Phi) is 5.77. The Morgan fingerprint density at radius 2 is 1.96 bits per heavy atom. The molecule has 1 fully saturated rings. The van der Waals surface area contributed by atoms with Crippen molar-refractivity contribution < 1.29 is 9.21 Å². The Labute approximate surface area is 164 Å². The lowest BCUT2D eigenvalue weighted by Crippen LogP contribution is -2.40. The second kappa shape index (κ2) is 8.80. The number of amides is 1. The first kappa shape index (κ1) is 18.4. The fourth-order valence-corrected chi connectivity index (χ4v) is 3.58. The van der Waals surface area contributed by atoms with E-state index in [0.29, 0.717) is 18.1 Å². The first-order valence-electron chi connectivity index (χ1n) is 9.74. The van der Waals surface area contributed by atoms with Crippen LogP contribution in [-0.2, 0) is 6.54 Å². The van der Waals surface area contributed by atoms with Crippen molar-refractivity contribution in [1.29, 1.82) is 0 Å². The van der Waals surface area contributed by atoms with Crippen LogP contribution < -0.4 is 5.32 Å². The van der Waals surface area contributed by atoms with Gasteiger partial charge in [-0.1, -0.05) is 24.3 Å². The second-order valence-electron chi connectivity index (χ2n) is 6.99. The summed E-state index contributed by atoms with van der Waals surface area (Å²) in [5.74, 6) is 0.354. The van der Waals surface area contributed by atoms with Crippen molar-refractivity contribution >= 4 is 5.91 Å². The first-order valence-corrected chi connectivity index (χ1v) is 9.74. The molecular weight excluding hydrogens is 352 g/mol. The zero-order valence-corrected chi connectivity index (χ0v) is 15.8. The number of rotatable bonds is 5. The number of oxazole rings is 1. The van der Waals surface area contributed by atoms with E-state index in [9.17, 15) is 4.79 Å². The molecule has 0 spiro atoms. The molecule has 4 rings (SSSR count). The van der Waals surface area contributed by atoms with Crippen LogP contribution in [0.4, 0.5) is 0 Å². The smallest absolute Gasteiger partial charge is 0.276 e. The van der Waals surface area contributed by atoms with E-state index < -0.39 is 0 Å². The summed E-state index contributed by atoms with van der Waals surface area (Å²) in [7, 11) is 0. The van der Waals surface area contributed by atoms with Crippen molar-refractivity contribution in [2.24, 2.45) is 0 Å². The number of hydrogen-bond donors (Lipinski definition) is 1. The fraction of sp³-hybridized carbons (Fsp3) is 0.318. The van der Waals surface area contributed by atoms with Crippen LogP contribution in [0.1, 0.15) is 35.4 Å². The standard InChI is InChI=1S/C22H24N4O2/c27-22(20-16-28-21(25-20)17-7-2-1-3-8-17)26(15-18-9-4-5-13-24-18)19-10-6-12-23-14-11-19/h1-5,7-9,13,16,19,23H,6,10-12,14-15H2. The van der Waals surface area contributed by atoms with Crippen LogP contribution >= 0.6 is 0 Å². The van der Waals surface area contributed by atoms with Gasteiger partial charge in [-0.05, 0) is 56.6 Å². The highest BCUT2D eigenvalue weighted by Crippen LogP contribution is 2.22. The predicted octanol–water partition coefficient (Wildman–Crippen LogP) is 3.52. The van der Waals surface area contributed by atoms with E-state index in [2.05, 4.69) is 15.3 Å². The van der Waals surface area contributed by atoms with Crippen LogP contribution in [0, 0.1) is 0 Å². The van der Waals surface area contributed by atoms with E-state index >= 15 is 0 Å². The maximum Gasteiger partial charge on any atom is 0.276 e. The first-order chi connectivity index (χ1) is 13.8. The molecule has 3 aromatic rings. The number of carbonyl (C=O) groups is 1. The molecule has 3 heterocycles. The highest BCUT2D eigenvalue weighted by Gasteiger charge is 2.28. The van der Waals surface area contributed by atoms with Gasteiger partial charge in [0, 0.05) is 17.8 Å². The van der Waals surface area contributed by atoms with Crippen molar-refractivity contribution in [2.45, 2.75) is 31.8 Å². The Morgan fingerprint density at radius 1 is 1.11 bits per heavy atom. The third-order valence-corrected chi connectivity index (χ3v) is 5.05. The highest BCUT2D eigenvalue weighted by atomic mass is 16.3. The number of nitrogens with zero attached hydrogens (tertiary/aromatic N) is 3. The van der Waals surface area contributed by atoms with Crippen LogP contribution in [0.5, 0.6) is 0 Å². The number of pyridine rings is 1. The summed E-state index contributed by atoms with van der Waals surface area (Å²) in [6.07, 6.45) is 6.16. The lowest BCUT2D eigenvalue weighted by atomic mass is 10.1. The maximum atomic E-state index is 13.4. The Balaban J connectivity index is 1.60. The molecule has 0 aliphatic carbocycles. The van der Waals surface area contributed by atoms with Gasteiger partial charge in [0.25, 0.3) is 5.91 Å². The van der Waals surface area contributed by atoms with Gasteiger partial charge in [0.15, 0.2) is 5.69 Å². The SMILES string of the molecule is O=C(c1coc(-c2ccccc2)n1)N(Cc1ccccn1)C1CCCNCC1. The maximum absolute atomic E-state index is 13.4. The van der Waals surface area contributed by atoms with Crippen LogP contribution in [-0.4, -0.2) is 39.9 Å². The molecule has 1 aromatic carbocycles. The number of nitrogens with one attached hydrogen (secondary N) is 1. The summed E-state index contributed by atoms with van der Waals surface area (Å²) in [6, 6.07) is 15.6. The molecule has 1 saturated heterocycles.